The Balaban J connectivity index is 0.000000160. The molecule has 5 heteroatoms. The summed E-state index contributed by atoms with van der Waals surface area (Å²) in [5.74, 6) is -0.0220. The average molecular weight is 343 g/mol. The van der Waals surface area contributed by atoms with Gasteiger partial charge in [0.2, 0.25) is 0 Å². The van der Waals surface area contributed by atoms with Crippen LogP contribution in [-0.2, 0) is 17.1 Å². The summed E-state index contributed by atoms with van der Waals surface area (Å²) in [4.78, 5) is 7.94. The van der Waals surface area contributed by atoms with Crippen molar-refractivity contribution in [3.8, 4) is 11.5 Å². The molecule has 2 aromatic heterocycles. The summed E-state index contributed by atoms with van der Waals surface area (Å²) in [6, 6.07) is 17.7. The van der Waals surface area contributed by atoms with Crippen LogP contribution in [0.2, 0.25) is 0 Å². The van der Waals surface area contributed by atoms with Gasteiger partial charge < -0.3 is 10.2 Å². The maximum absolute atomic E-state index is 11.1. The molecule has 0 aliphatic rings. The Hall–Kier alpha value is -2.62. The number of nitrogens with zero attached hydrogens (tertiary/aromatic N) is 2. The number of aromatic nitrogens is 2. The number of pyridine rings is 2. The van der Waals surface area contributed by atoms with Crippen molar-refractivity contribution in [2.75, 3.05) is 0 Å². The molecule has 0 spiro atoms. The predicted octanol–water partition coefficient (Wildman–Crippen LogP) is 2.61. The maximum atomic E-state index is 11.1. The second kappa shape index (κ2) is 7.58. The van der Waals surface area contributed by atoms with Crippen molar-refractivity contribution in [1.29, 1.82) is 0 Å². The number of fused-ring (bicyclic) bond motifs is 2. The fraction of sp³-hybridized carbons (Fsp3) is 0. The smallest absolute Gasteiger partial charge is 0.871 e. The first kappa shape index (κ1) is 16.7. The molecule has 0 fully saturated rings. The fourth-order valence-electron chi connectivity index (χ4n) is 2.15. The van der Waals surface area contributed by atoms with E-state index in [1.807, 2.05) is 36.4 Å². The third-order valence-electron chi connectivity index (χ3n) is 3.19. The summed E-state index contributed by atoms with van der Waals surface area (Å²) in [6.07, 6.45) is 3.26. The van der Waals surface area contributed by atoms with Crippen LogP contribution in [-0.4, -0.2) is 9.97 Å². The molecule has 2 aromatic carbocycles. The molecule has 4 rings (SSSR count). The SMILES string of the molecule is [Mn+2].[O-]c1cccc2cccnc12.[O-]c1cccc2cccnc12. The van der Waals surface area contributed by atoms with Crippen LogP contribution in [0.4, 0.5) is 0 Å². The topological polar surface area (TPSA) is 71.9 Å². The zero-order valence-electron chi connectivity index (χ0n) is 12.0. The quantitative estimate of drug-likeness (QED) is 0.460. The predicted molar refractivity (Wildman–Crippen MR) is 82.4 cm³/mol. The van der Waals surface area contributed by atoms with Gasteiger partial charge >= 0.3 is 17.1 Å². The van der Waals surface area contributed by atoms with Crippen LogP contribution >= 0.6 is 0 Å². The van der Waals surface area contributed by atoms with Gasteiger partial charge in [0.25, 0.3) is 0 Å². The van der Waals surface area contributed by atoms with Crippen molar-refractivity contribution < 1.29 is 27.3 Å². The molecule has 0 saturated carbocycles. The largest absolute Gasteiger partial charge is 2.00 e. The first-order valence-electron chi connectivity index (χ1n) is 6.77. The molecule has 4 nitrogen and oxygen atoms in total. The van der Waals surface area contributed by atoms with Gasteiger partial charge in [-0.2, -0.15) is 0 Å². The Morgan fingerprint density at radius 3 is 1.35 bits per heavy atom. The third kappa shape index (κ3) is 3.77. The average Bonchev–Trinajstić information content (AvgIpc) is 2.57. The molecular formula is C18H12MnN2O2. The van der Waals surface area contributed by atoms with Crippen molar-refractivity contribution in [3.63, 3.8) is 0 Å². The summed E-state index contributed by atoms with van der Waals surface area (Å²) in [5, 5.41) is 24.0. The van der Waals surface area contributed by atoms with Crippen molar-refractivity contribution in [3.05, 3.63) is 73.1 Å². The fourth-order valence-corrected chi connectivity index (χ4v) is 2.15. The minimum absolute atomic E-state index is 0. The number of hydrogen-bond acceptors (Lipinski definition) is 4. The van der Waals surface area contributed by atoms with Gasteiger partial charge in [0.15, 0.2) is 0 Å². The zero-order valence-corrected chi connectivity index (χ0v) is 13.2. The van der Waals surface area contributed by atoms with Gasteiger partial charge in [-0.1, -0.05) is 60.0 Å². The van der Waals surface area contributed by atoms with Crippen LogP contribution in [0.25, 0.3) is 21.8 Å². The minimum atomic E-state index is -0.0110. The first-order chi connectivity index (χ1) is 10.8. The van der Waals surface area contributed by atoms with E-state index in [9.17, 15) is 10.2 Å². The van der Waals surface area contributed by atoms with Crippen LogP contribution in [0.15, 0.2) is 73.1 Å². The Labute approximate surface area is 143 Å². The van der Waals surface area contributed by atoms with E-state index in [2.05, 4.69) is 9.97 Å². The van der Waals surface area contributed by atoms with E-state index in [1.165, 1.54) is 12.1 Å². The van der Waals surface area contributed by atoms with E-state index in [4.69, 9.17) is 0 Å². The Kier molecular flexibility index (Phi) is 5.52. The number of hydrogen-bond donors (Lipinski definition) is 0. The zero-order chi connectivity index (χ0) is 15.4. The van der Waals surface area contributed by atoms with Crippen molar-refractivity contribution in [2.45, 2.75) is 0 Å². The molecule has 0 saturated heterocycles. The van der Waals surface area contributed by atoms with E-state index in [1.54, 1.807) is 24.5 Å². The molecule has 113 valence electrons. The number of para-hydroxylation sites is 2. The normalized spacial score (nSPS) is 9.74. The van der Waals surface area contributed by atoms with Crippen LogP contribution in [0.5, 0.6) is 11.5 Å². The molecule has 0 aliphatic heterocycles. The summed E-state index contributed by atoms with van der Waals surface area (Å²) in [7, 11) is 0. The van der Waals surface area contributed by atoms with Crippen LogP contribution < -0.4 is 10.2 Å². The molecule has 23 heavy (non-hydrogen) atoms. The Bertz CT molecular complexity index is 841. The van der Waals surface area contributed by atoms with E-state index in [0.29, 0.717) is 11.0 Å². The van der Waals surface area contributed by atoms with Crippen molar-refractivity contribution in [1.82, 2.24) is 9.97 Å². The molecular weight excluding hydrogens is 331 g/mol. The molecule has 0 unspecified atom stereocenters. The molecule has 2 heterocycles. The second-order valence-electron chi connectivity index (χ2n) is 4.66. The summed E-state index contributed by atoms with van der Waals surface area (Å²) < 4.78 is 0. The second-order valence-corrected chi connectivity index (χ2v) is 4.66. The number of rotatable bonds is 0. The van der Waals surface area contributed by atoms with Crippen molar-refractivity contribution >= 4 is 21.8 Å². The molecule has 0 N–H and O–H groups in total. The Morgan fingerprint density at radius 1 is 0.565 bits per heavy atom. The van der Waals surface area contributed by atoms with Crippen molar-refractivity contribution in [2.24, 2.45) is 0 Å². The minimum Gasteiger partial charge on any atom is -0.871 e. The molecule has 0 bridgehead atoms. The molecule has 1 radical (unpaired) electrons. The molecule has 4 aromatic rings. The van der Waals surface area contributed by atoms with Gasteiger partial charge in [-0.15, -0.1) is 0 Å². The van der Waals surface area contributed by atoms with Gasteiger partial charge in [-0.3, -0.25) is 9.97 Å². The Morgan fingerprint density at radius 2 is 0.957 bits per heavy atom. The summed E-state index contributed by atoms with van der Waals surface area (Å²) in [5.41, 5.74) is 1.10. The molecule has 0 atom stereocenters. The van der Waals surface area contributed by atoms with Crippen LogP contribution in [0.1, 0.15) is 0 Å². The number of benzene rings is 2. The summed E-state index contributed by atoms with van der Waals surface area (Å²) >= 11 is 0. The van der Waals surface area contributed by atoms with Crippen LogP contribution in [0, 0.1) is 0 Å². The van der Waals surface area contributed by atoms with E-state index in [0.717, 1.165) is 10.8 Å². The van der Waals surface area contributed by atoms with Gasteiger partial charge in [0, 0.05) is 12.4 Å². The van der Waals surface area contributed by atoms with Gasteiger partial charge in [0.05, 0.1) is 11.0 Å². The van der Waals surface area contributed by atoms with E-state index < -0.39 is 0 Å². The van der Waals surface area contributed by atoms with Crippen LogP contribution in [0.3, 0.4) is 0 Å². The maximum Gasteiger partial charge on any atom is 2.00 e. The molecule has 0 aliphatic carbocycles. The molecule has 0 amide bonds. The third-order valence-corrected chi connectivity index (χ3v) is 3.19. The van der Waals surface area contributed by atoms with E-state index in [-0.39, 0.29) is 28.6 Å². The monoisotopic (exact) mass is 343 g/mol. The summed E-state index contributed by atoms with van der Waals surface area (Å²) in [6.45, 7) is 0. The van der Waals surface area contributed by atoms with E-state index >= 15 is 0 Å². The van der Waals surface area contributed by atoms with Gasteiger partial charge in [-0.25, -0.2) is 0 Å². The van der Waals surface area contributed by atoms with Gasteiger partial charge in [-0.05, 0) is 22.9 Å². The first-order valence-corrected chi connectivity index (χ1v) is 6.77. The van der Waals surface area contributed by atoms with Gasteiger partial charge in [0.1, 0.15) is 0 Å². The standard InChI is InChI=1S/2C9H7NO.Mn/c2*11-8-5-1-3-7-4-2-6-10-9(7)8;/h2*1-6,11H;/q;;+2/p-2.